The van der Waals surface area contributed by atoms with Gasteiger partial charge in [0.25, 0.3) is 0 Å². The van der Waals surface area contributed by atoms with Crippen molar-refractivity contribution >= 4 is 0 Å². The zero-order valence-corrected chi connectivity index (χ0v) is 10.4. The number of fused-ring (bicyclic) bond motifs is 1. The summed E-state index contributed by atoms with van der Waals surface area (Å²) in [7, 11) is 0. The molecule has 1 nitrogen and oxygen atoms in total. The van der Waals surface area contributed by atoms with Gasteiger partial charge in [0.05, 0.1) is 0 Å². The molecule has 0 amide bonds. The highest BCUT2D eigenvalue weighted by atomic mass is 15.3. The van der Waals surface area contributed by atoms with E-state index >= 15 is 0 Å². The number of hydrogen-bond donors (Lipinski definition) is 0. The zero-order valence-electron chi connectivity index (χ0n) is 10.4. The standard InChI is InChI=1S/C15H21N/c1-11(2)12-3-4-14-10-15(16-7-8-16)6-5-13(14)9-12/h3-4,9,11,15H,5-8,10H2,1-2H3. The van der Waals surface area contributed by atoms with Gasteiger partial charge in [0.1, 0.15) is 0 Å². The molecule has 86 valence electrons. The topological polar surface area (TPSA) is 3.01 Å². The van der Waals surface area contributed by atoms with Crippen LogP contribution in [0.4, 0.5) is 0 Å². The SMILES string of the molecule is CC(C)c1ccc2c(c1)CCC(N1CC1)C2. The maximum absolute atomic E-state index is 2.61. The lowest BCUT2D eigenvalue weighted by molar-refractivity contribution is 0.359. The number of benzene rings is 1. The molecule has 0 N–H and O–H groups in total. The number of hydrogen-bond acceptors (Lipinski definition) is 1. The lowest BCUT2D eigenvalue weighted by atomic mass is 9.86. The van der Waals surface area contributed by atoms with Gasteiger partial charge in [-0.25, -0.2) is 0 Å². The van der Waals surface area contributed by atoms with Crippen molar-refractivity contribution in [3.8, 4) is 0 Å². The summed E-state index contributed by atoms with van der Waals surface area (Å²) in [5.41, 5.74) is 4.72. The van der Waals surface area contributed by atoms with Crippen molar-refractivity contribution in [1.29, 1.82) is 0 Å². The monoisotopic (exact) mass is 215 g/mol. The van der Waals surface area contributed by atoms with E-state index in [1.165, 1.54) is 37.9 Å². The van der Waals surface area contributed by atoms with Gasteiger partial charge in [-0.1, -0.05) is 32.0 Å². The Morgan fingerprint density at radius 2 is 2.00 bits per heavy atom. The molecular weight excluding hydrogens is 194 g/mol. The van der Waals surface area contributed by atoms with Gasteiger partial charge in [0, 0.05) is 19.1 Å². The second-order valence-corrected chi connectivity index (χ2v) is 5.62. The Balaban J connectivity index is 1.83. The van der Waals surface area contributed by atoms with Crippen molar-refractivity contribution in [2.24, 2.45) is 0 Å². The minimum atomic E-state index is 0.662. The third kappa shape index (κ3) is 1.89. The van der Waals surface area contributed by atoms with E-state index in [2.05, 4.69) is 36.9 Å². The lowest BCUT2D eigenvalue weighted by Gasteiger charge is -2.26. The maximum atomic E-state index is 2.61. The first-order valence-corrected chi connectivity index (χ1v) is 6.60. The van der Waals surface area contributed by atoms with Gasteiger partial charge in [0.2, 0.25) is 0 Å². The molecule has 16 heavy (non-hydrogen) atoms. The van der Waals surface area contributed by atoms with Crippen LogP contribution in [-0.4, -0.2) is 24.0 Å². The van der Waals surface area contributed by atoms with Crippen molar-refractivity contribution < 1.29 is 0 Å². The Morgan fingerprint density at radius 3 is 2.69 bits per heavy atom. The number of rotatable bonds is 2. The summed E-state index contributed by atoms with van der Waals surface area (Å²) in [5, 5.41) is 0. The third-order valence-electron chi connectivity index (χ3n) is 4.10. The molecule has 1 aromatic rings. The van der Waals surface area contributed by atoms with Crippen LogP contribution in [0.5, 0.6) is 0 Å². The quantitative estimate of drug-likeness (QED) is 0.685. The highest BCUT2D eigenvalue weighted by Crippen LogP contribution is 2.29. The Hall–Kier alpha value is -0.820. The van der Waals surface area contributed by atoms with Crippen LogP contribution in [0.1, 0.15) is 42.9 Å². The Kier molecular flexibility index (Phi) is 2.51. The molecule has 1 unspecified atom stereocenters. The normalized spacial score (nSPS) is 24.6. The van der Waals surface area contributed by atoms with Crippen LogP contribution in [0.25, 0.3) is 0 Å². The Morgan fingerprint density at radius 1 is 1.19 bits per heavy atom. The molecular formula is C15H21N. The predicted molar refractivity (Wildman–Crippen MR) is 67.9 cm³/mol. The van der Waals surface area contributed by atoms with Crippen LogP contribution in [0.15, 0.2) is 18.2 Å². The largest absolute Gasteiger partial charge is 0.298 e. The fourth-order valence-corrected chi connectivity index (χ4v) is 2.85. The molecule has 0 bridgehead atoms. The number of aryl methyl sites for hydroxylation is 1. The van der Waals surface area contributed by atoms with Gasteiger partial charge in [-0.3, -0.25) is 4.90 Å². The van der Waals surface area contributed by atoms with Crippen molar-refractivity contribution in [2.75, 3.05) is 13.1 Å². The fraction of sp³-hybridized carbons (Fsp3) is 0.600. The molecule has 0 aromatic heterocycles. The second kappa shape index (κ2) is 3.89. The molecule has 1 saturated heterocycles. The molecule has 1 aromatic carbocycles. The van der Waals surface area contributed by atoms with E-state index in [0.717, 1.165) is 6.04 Å². The first-order valence-electron chi connectivity index (χ1n) is 6.60. The molecule has 3 rings (SSSR count). The van der Waals surface area contributed by atoms with Crippen molar-refractivity contribution in [1.82, 2.24) is 4.90 Å². The summed E-state index contributed by atoms with van der Waals surface area (Å²) in [4.78, 5) is 2.61. The van der Waals surface area contributed by atoms with Gasteiger partial charge in [0.15, 0.2) is 0 Å². The van der Waals surface area contributed by atoms with Crippen LogP contribution in [0.2, 0.25) is 0 Å². The van der Waals surface area contributed by atoms with Gasteiger partial charge in [-0.05, 0) is 41.9 Å². The maximum Gasteiger partial charge on any atom is 0.0140 e. The molecule has 2 aliphatic rings. The van der Waals surface area contributed by atoms with Gasteiger partial charge in [-0.15, -0.1) is 0 Å². The van der Waals surface area contributed by atoms with E-state index in [0.29, 0.717) is 5.92 Å². The fourth-order valence-electron chi connectivity index (χ4n) is 2.85. The smallest absolute Gasteiger partial charge is 0.0140 e. The van der Waals surface area contributed by atoms with Crippen LogP contribution in [-0.2, 0) is 12.8 Å². The lowest BCUT2D eigenvalue weighted by Crippen LogP contribution is -2.26. The van der Waals surface area contributed by atoms with Crippen molar-refractivity contribution in [3.63, 3.8) is 0 Å². The van der Waals surface area contributed by atoms with Crippen LogP contribution < -0.4 is 0 Å². The van der Waals surface area contributed by atoms with E-state index in [1.54, 1.807) is 11.1 Å². The summed E-state index contributed by atoms with van der Waals surface area (Å²) in [6.07, 6.45) is 3.94. The van der Waals surface area contributed by atoms with Gasteiger partial charge in [-0.2, -0.15) is 0 Å². The van der Waals surface area contributed by atoms with E-state index in [-0.39, 0.29) is 0 Å². The number of nitrogens with zero attached hydrogens (tertiary/aromatic N) is 1. The molecule has 1 heteroatoms. The average Bonchev–Trinajstić information content (AvgIpc) is 3.11. The zero-order chi connectivity index (χ0) is 11.1. The van der Waals surface area contributed by atoms with Crippen LogP contribution >= 0.6 is 0 Å². The van der Waals surface area contributed by atoms with Crippen molar-refractivity contribution in [3.05, 3.63) is 34.9 Å². The van der Waals surface area contributed by atoms with Crippen LogP contribution in [0, 0.1) is 0 Å². The first-order chi connectivity index (χ1) is 7.74. The minimum absolute atomic E-state index is 0.662. The summed E-state index contributed by atoms with van der Waals surface area (Å²) in [6, 6.07) is 7.99. The summed E-state index contributed by atoms with van der Waals surface area (Å²) < 4.78 is 0. The predicted octanol–water partition coefficient (Wildman–Crippen LogP) is 2.98. The highest BCUT2D eigenvalue weighted by Gasteiger charge is 2.30. The molecule has 1 aliphatic carbocycles. The molecule has 0 spiro atoms. The molecule has 1 aliphatic heterocycles. The van der Waals surface area contributed by atoms with Crippen molar-refractivity contribution in [2.45, 2.75) is 45.1 Å². The molecule has 1 atom stereocenters. The molecule has 0 saturated carbocycles. The minimum Gasteiger partial charge on any atom is -0.298 e. The Bertz CT molecular complexity index is 390. The molecule has 1 heterocycles. The molecule has 1 fully saturated rings. The van der Waals surface area contributed by atoms with E-state index in [9.17, 15) is 0 Å². The van der Waals surface area contributed by atoms with E-state index < -0.39 is 0 Å². The summed E-state index contributed by atoms with van der Waals surface area (Å²) in [6.45, 7) is 7.24. The summed E-state index contributed by atoms with van der Waals surface area (Å²) in [5.74, 6) is 0.662. The average molecular weight is 215 g/mol. The summed E-state index contributed by atoms with van der Waals surface area (Å²) >= 11 is 0. The van der Waals surface area contributed by atoms with E-state index in [4.69, 9.17) is 0 Å². The highest BCUT2D eigenvalue weighted by molar-refractivity contribution is 5.36. The van der Waals surface area contributed by atoms with Gasteiger partial charge >= 0.3 is 0 Å². The second-order valence-electron chi connectivity index (χ2n) is 5.62. The first kappa shape index (κ1) is 10.3. The molecule has 0 radical (unpaired) electrons. The Labute approximate surface area is 98.5 Å². The van der Waals surface area contributed by atoms with E-state index in [1.807, 2.05) is 0 Å². The third-order valence-corrected chi connectivity index (χ3v) is 4.10. The van der Waals surface area contributed by atoms with Crippen LogP contribution in [0.3, 0.4) is 0 Å². The van der Waals surface area contributed by atoms with Gasteiger partial charge < -0.3 is 0 Å².